The minimum atomic E-state index is -0.679. The number of carbonyl (C=O) groups excluding carboxylic acids is 1. The van der Waals surface area contributed by atoms with Gasteiger partial charge < -0.3 is 19.2 Å². The zero-order valence-corrected chi connectivity index (χ0v) is 16.0. The quantitative estimate of drug-likeness (QED) is 0.576. The lowest BCUT2D eigenvalue weighted by atomic mass is 10.1. The predicted octanol–water partition coefficient (Wildman–Crippen LogP) is 4.62. The molecule has 0 bridgehead atoms. The van der Waals surface area contributed by atoms with E-state index >= 15 is 0 Å². The van der Waals surface area contributed by atoms with E-state index in [0.717, 1.165) is 12.8 Å². The van der Waals surface area contributed by atoms with Gasteiger partial charge in [0.05, 0.1) is 13.2 Å². The van der Waals surface area contributed by atoms with Crippen LogP contribution in [0.5, 0.6) is 11.5 Å². The van der Waals surface area contributed by atoms with Crippen molar-refractivity contribution in [3.8, 4) is 11.5 Å². The zero-order chi connectivity index (χ0) is 19.9. The van der Waals surface area contributed by atoms with Crippen LogP contribution in [-0.2, 0) is 0 Å². The maximum absolute atomic E-state index is 12.6. The minimum absolute atomic E-state index is 0.0546. The number of amides is 1. The van der Waals surface area contributed by atoms with E-state index < -0.39 is 11.5 Å². The van der Waals surface area contributed by atoms with Crippen LogP contribution in [0.1, 0.15) is 37.0 Å². The first-order valence-corrected chi connectivity index (χ1v) is 9.36. The number of para-hydroxylation sites is 1. The predicted molar refractivity (Wildman–Crippen MR) is 108 cm³/mol. The Balaban J connectivity index is 1.85. The Morgan fingerprint density at radius 2 is 1.68 bits per heavy atom. The number of benzene rings is 2. The lowest BCUT2D eigenvalue weighted by molar-refractivity contribution is 0.102. The van der Waals surface area contributed by atoms with Crippen molar-refractivity contribution < 1.29 is 18.7 Å². The van der Waals surface area contributed by atoms with Crippen molar-refractivity contribution in [2.24, 2.45) is 0 Å². The van der Waals surface area contributed by atoms with Gasteiger partial charge in [-0.25, -0.2) is 4.79 Å². The number of hydrogen-bond donors (Lipinski definition) is 1. The van der Waals surface area contributed by atoms with Gasteiger partial charge in [-0.3, -0.25) is 4.79 Å². The highest BCUT2D eigenvalue weighted by molar-refractivity contribution is 6.05. The van der Waals surface area contributed by atoms with Gasteiger partial charge in [-0.2, -0.15) is 0 Å². The van der Waals surface area contributed by atoms with E-state index in [1.807, 2.05) is 19.9 Å². The third-order valence-corrected chi connectivity index (χ3v) is 4.01. The normalized spacial score (nSPS) is 10.6. The molecule has 0 saturated heterocycles. The first-order chi connectivity index (χ1) is 13.6. The fourth-order valence-corrected chi connectivity index (χ4v) is 2.66. The molecule has 1 N–H and O–H groups in total. The van der Waals surface area contributed by atoms with Crippen LogP contribution in [0.25, 0.3) is 11.0 Å². The molecule has 146 valence electrons. The summed E-state index contributed by atoms with van der Waals surface area (Å²) >= 11 is 0. The molecule has 28 heavy (non-hydrogen) atoms. The van der Waals surface area contributed by atoms with Crippen LogP contribution >= 0.6 is 0 Å². The number of fused-ring (bicyclic) bond motifs is 1. The summed E-state index contributed by atoms with van der Waals surface area (Å²) in [5, 5.41) is 3.41. The number of anilines is 1. The van der Waals surface area contributed by atoms with Gasteiger partial charge in [0.15, 0.2) is 11.5 Å². The summed E-state index contributed by atoms with van der Waals surface area (Å²) in [5.41, 5.74) is 0.215. The average Bonchev–Trinajstić information content (AvgIpc) is 2.70. The van der Waals surface area contributed by atoms with Gasteiger partial charge in [0.2, 0.25) is 0 Å². The van der Waals surface area contributed by atoms with Crippen LogP contribution in [0, 0.1) is 0 Å². The first-order valence-electron chi connectivity index (χ1n) is 9.36. The Labute approximate surface area is 163 Å². The van der Waals surface area contributed by atoms with E-state index in [1.165, 1.54) is 6.07 Å². The van der Waals surface area contributed by atoms with E-state index in [-0.39, 0.29) is 5.56 Å². The molecule has 0 saturated carbocycles. The molecular formula is C22H23NO5. The van der Waals surface area contributed by atoms with Crippen molar-refractivity contribution in [2.75, 3.05) is 18.5 Å². The van der Waals surface area contributed by atoms with Crippen LogP contribution in [0.4, 0.5) is 5.69 Å². The number of carbonyl (C=O) groups is 1. The van der Waals surface area contributed by atoms with Crippen molar-refractivity contribution >= 4 is 22.6 Å². The molecule has 1 amide bonds. The molecule has 0 radical (unpaired) electrons. The molecule has 3 rings (SSSR count). The van der Waals surface area contributed by atoms with Crippen LogP contribution in [0.15, 0.2) is 57.7 Å². The van der Waals surface area contributed by atoms with Crippen LogP contribution in [0.2, 0.25) is 0 Å². The van der Waals surface area contributed by atoms with Gasteiger partial charge in [-0.05, 0) is 37.1 Å². The molecule has 0 atom stereocenters. The van der Waals surface area contributed by atoms with E-state index in [1.54, 1.807) is 36.4 Å². The Bertz CT molecular complexity index is 1020. The monoisotopic (exact) mass is 381 g/mol. The molecule has 3 aromatic rings. The number of ether oxygens (including phenoxy) is 2. The summed E-state index contributed by atoms with van der Waals surface area (Å²) in [7, 11) is 0. The molecule has 1 heterocycles. The molecule has 0 spiro atoms. The lowest BCUT2D eigenvalue weighted by Gasteiger charge is -2.14. The SMILES string of the molecule is CCCOc1ccc(NC(=O)c2cc3ccccc3oc2=O)cc1OCCC. The van der Waals surface area contributed by atoms with Crippen LogP contribution in [0.3, 0.4) is 0 Å². The van der Waals surface area contributed by atoms with Gasteiger partial charge >= 0.3 is 5.63 Å². The van der Waals surface area contributed by atoms with E-state index in [9.17, 15) is 9.59 Å². The third kappa shape index (κ3) is 4.52. The van der Waals surface area contributed by atoms with Crippen molar-refractivity contribution in [1.29, 1.82) is 0 Å². The number of hydrogen-bond acceptors (Lipinski definition) is 5. The van der Waals surface area contributed by atoms with Gasteiger partial charge in [-0.1, -0.05) is 32.0 Å². The molecule has 0 fully saturated rings. The number of nitrogens with one attached hydrogen (secondary N) is 1. The van der Waals surface area contributed by atoms with Crippen LogP contribution in [-0.4, -0.2) is 19.1 Å². The Hall–Kier alpha value is -3.28. The highest BCUT2D eigenvalue weighted by Crippen LogP contribution is 2.31. The molecule has 6 nitrogen and oxygen atoms in total. The Kier molecular flexibility index (Phi) is 6.32. The smallest absolute Gasteiger partial charge is 0.349 e. The first kappa shape index (κ1) is 19.5. The van der Waals surface area contributed by atoms with Crippen LogP contribution < -0.4 is 20.4 Å². The molecule has 1 aromatic heterocycles. The van der Waals surface area contributed by atoms with Crippen molar-refractivity contribution in [2.45, 2.75) is 26.7 Å². The van der Waals surface area contributed by atoms with Crippen molar-refractivity contribution in [3.05, 3.63) is 64.5 Å². The van der Waals surface area contributed by atoms with Gasteiger partial charge in [0, 0.05) is 17.1 Å². The summed E-state index contributed by atoms with van der Waals surface area (Å²) in [4.78, 5) is 24.8. The van der Waals surface area contributed by atoms with Gasteiger partial charge in [0.25, 0.3) is 5.91 Å². The molecular weight excluding hydrogens is 358 g/mol. The average molecular weight is 381 g/mol. The number of rotatable bonds is 8. The highest BCUT2D eigenvalue weighted by Gasteiger charge is 2.15. The minimum Gasteiger partial charge on any atom is -0.490 e. The standard InChI is InChI=1S/C22H23NO5/c1-3-11-26-19-10-9-16(14-20(19)27-12-4-2)23-21(24)17-13-15-7-5-6-8-18(15)28-22(17)25/h5-10,13-14H,3-4,11-12H2,1-2H3,(H,23,24). The molecule has 0 unspecified atom stereocenters. The fraction of sp³-hybridized carbons (Fsp3) is 0.273. The largest absolute Gasteiger partial charge is 0.490 e. The molecule has 6 heteroatoms. The summed E-state index contributed by atoms with van der Waals surface area (Å²) < 4.78 is 16.7. The Morgan fingerprint density at radius 1 is 0.964 bits per heavy atom. The summed E-state index contributed by atoms with van der Waals surface area (Å²) in [6.07, 6.45) is 1.73. The van der Waals surface area contributed by atoms with E-state index in [2.05, 4.69) is 5.32 Å². The van der Waals surface area contributed by atoms with Crippen molar-refractivity contribution in [3.63, 3.8) is 0 Å². The summed E-state index contributed by atoms with van der Waals surface area (Å²) in [6, 6.07) is 13.7. The second-order valence-electron chi connectivity index (χ2n) is 6.30. The second-order valence-corrected chi connectivity index (χ2v) is 6.30. The Morgan fingerprint density at radius 3 is 2.43 bits per heavy atom. The second kappa shape index (κ2) is 9.08. The summed E-state index contributed by atoms with van der Waals surface area (Å²) in [5.74, 6) is 0.639. The van der Waals surface area contributed by atoms with Gasteiger partial charge in [-0.15, -0.1) is 0 Å². The topological polar surface area (TPSA) is 77.8 Å². The fourth-order valence-electron chi connectivity index (χ4n) is 2.66. The third-order valence-electron chi connectivity index (χ3n) is 4.01. The molecule has 0 aliphatic carbocycles. The van der Waals surface area contributed by atoms with E-state index in [4.69, 9.17) is 13.9 Å². The molecule has 0 aliphatic rings. The van der Waals surface area contributed by atoms with Gasteiger partial charge in [0.1, 0.15) is 11.1 Å². The zero-order valence-electron chi connectivity index (χ0n) is 16.0. The highest BCUT2D eigenvalue weighted by atomic mass is 16.5. The maximum Gasteiger partial charge on any atom is 0.349 e. The van der Waals surface area contributed by atoms with Crippen molar-refractivity contribution in [1.82, 2.24) is 0 Å². The maximum atomic E-state index is 12.6. The summed E-state index contributed by atoms with van der Waals surface area (Å²) in [6.45, 7) is 5.15. The van der Waals surface area contributed by atoms with E-state index in [0.29, 0.717) is 41.4 Å². The molecule has 0 aliphatic heterocycles. The lowest BCUT2D eigenvalue weighted by Crippen LogP contribution is -2.20. The molecule has 2 aromatic carbocycles.